The number of aromatic nitrogens is 4. The number of aromatic amines is 2. The normalized spacial score (nSPS) is 18.2. The fourth-order valence-corrected chi connectivity index (χ4v) is 8.31. The summed E-state index contributed by atoms with van der Waals surface area (Å²) in [5, 5.41) is 2.74. The molecule has 0 saturated carbocycles. The van der Waals surface area contributed by atoms with E-state index in [4.69, 9.17) is 19.6 Å². The van der Waals surface area contributed by atoms with Crippen molar-refractivity contribution >= 4 is 46.4 Å². The first-order valence-electron chi connectivity index (χ1n) is 20.3. The summed E-state index contributed by atoms with van der Waals surface area (Å²) < 4.78 is 4.81. The Bertz CT molecular complexity index is 2260. The van der Waals surface area contributed by atoms with Gasteiger partial charge in [-0.1, -0.05) is 64.1 Å². The molecule has 2 aliphatic heterocycles. The average Bonchev–Trinajstić information content (AvgIpc) is 4.04. The number of carbonyl (C=O) groups excluding carboxylic acids is 3. The SMILES string of the molecule is COO/C=N/[C@@H](CC(C)C)C(=O)N1CCC[C@H]1c1nc2cc(-c3ccc(-c4ccc5[nH]c([C@@H]6CCCN6C(=O)[C@H](CC(C)C)NC(=O)OC)nc5c4)cc3)ccc2[nH]1. The Morgan fingerprint density at radius 1 is 0.759 bits per heavy atom. The summed E-state index contributed by atoms with van der Waals surface area (Å²) in [6.07, 6.45) is 5.08. The molecule has 0 spiro atoms. The molecule has 0 aliphatic carbocycles. The van der Waals surface area contributed by atoms with Gasteiger partial charge >= 0.3 is 6.09 Å². The van der Waals surface area contributed by atoms with Crippen molar-refractivity contribution in [2.75, 3.05) is 27.3 Å². The number of H-pyrrole nitrogens is 2. The molecule has 4 heterocycles. The third kappa shape index (κ3) is 8.86. The third-order valence-corrected chi connectivity index (χ3v) is 11.1. The first-order chi connectivity index (χ1) is 28.0. The molecule has 3 amide bonds. The number of ether oxygens (including phenoxy) is 1. The lowest BCUT2D eigenvalue weighted by atomic mass is 10.00. The van der Waals surface area contributed by atoms with Gasteiger partial charge in [0.05, 0.1) is 48.4 Å². The van der Waals surface area contributed by atoms with Crippen LogP contribution in [-0.2, 0) is 24.1 Å². The number of aliphatic imine (C=N–C) groups is 1. The molecule has 58 heavy (non-hydrogen) atoms. The van der Waals surface area contributed by atoms with Crippen molar-refractivity contribution in [3.8, 4) is 22.3 Å². The lowest BCUT2D eigenvalue weighted by molar-refractivity contribution is -0.188. The van der Waals surface area contributed by atoms with Gasteiger partial charge in [-0.2, -0.15) is 4.89 Å². The molecule has 0 unspecified atom stereocenters. The molecule has 5 aromatic rings. The van der Waals surface area contributed by atoms with Crippen LogP contribution in [0.15, 0.2) is 65.7 Å². The van der Waals surface area contributed by atoms with Crippen LogP contribution in [0.4, 0.5) is 4.79 Å². The highest BCUT2D eigenvalue weighted by atomic mass is 17.2. The predicted molar refractivity (Wildman–Crippen MR) is 223 cm³/mol. The summed E-state index contributed by atoms with van der Waals surface area (Å²) in [6.45, 7) is 9.46. The summed E-state index contributed by atoms with van der Waals surface area (Å²) in [5.41, 5.74) is 7.69. The summed E-state index contributed by atoms with van der Waals surface area (Å²) in [5.74, 6) is 1.87. The summed E-state index contributed by atoms with van der Waals surface area (Å²) >= 11 is 0. The van der Waals surface area contributed by atoms with Crippen molar-refractivity contribution in [1.29, 1.82) is 0 Å². The van der Waals surface area contributed by atoms with Gasteiger partial charge in [0, 0.05) is 13.1 Å². The molecule has 14 nitrogen and oxygen atoms in total. The first-order valence-corrected chi connectivity index (χ1v) is 20.3. The van der Waals surface area contributed by atoms with Gasteiger partial charge in [-0.3, -0.25) is 9.59 Å². The van der Waals surface area contributed by atoms with Crippen LogP contribution in [0.25, 0.3) is 44.3 Å². The maximum Gasteiger partial charge on any atom is 0.407 e. The van der Waals surface area contributed by atoms with E-state index in [2.05, 4.69) is 87.5 Å². The molecular formula is C44H54N8O6. The number of hydrogen-bond donors (Lipinski definition) is 3. The second kappa shape index (κ2) is 17.8. The number of likely N-dealkylation sites (tertiary alicyclic amines) is 2. The fraction of sp³-hybridized carbons (Fsp3) is 0.455. The fourth-order valence-electron chi connectivity index (χ4n) is 8.31. The van der Waals surface area contributed by atoms with Crippen molar-refractivity contribution in [3.63, 3.8) is 0 Å². The molecule has 2 fully saturated rings. The number of methoxy groups -OCH3 is 1. The standard InChI is InChI=1S/C44H54N8O6/c1-26(2)21-36(45-25-58-57-6)42(53)51-19-7-9-38(51)40-46-32-17-15-30(23-34(32)48-40)28-11-13-29(14-12-28)31-16-18-33-35(24-31)49-41(47-33)39-10-8-20-52(39)43(54)37(22-27(3)4)50-44(55)56-5/h11-18,23-27,36-39H,7-10,19-22H2,1-6H3,(H,46,48)(H,47,49)(H,50,55)/b45-25+/t36-,37-,38-,39-/m0/s1. The minimum atomic E-state index is -0.665. The van der Waals surface area contributed by atoms with Crippen molar-refractivity contribution < 1.29 is 28.9 Å². The van der Waals surface area contributed by atoms with Gasteiger partial charge < -0.3 is 34.7 Å². The van der Waals surface area contributed by atoms with Gasteiger partial charge in [0.2, 0.25) is 18.2 Å². The number of rotatable bonds is 14. The molecule has 0 radical (unpaired) electrons. The summed E-state index contributed by atoms with van der Waals surface area (Å²) in [6, 6.07) is 19.3. The van der Waals surface area contributed by atoms with Crippen molar-refractivity contribution in [2.24, 2.45) is 16.8 Å². The highest BCUT2D eigenvalue weighted by molar-refractivity contribution is 5.88. The number of nitrogens with one attached hydrogen (secondary N) is 3. The smallest absolute Gasteiger partial charge is 0.407 e. The molecule has 3 aromatic carbocycles. The van der Waals surface area contributed by atoms with E-state index < -0.39 is 18.2 Å². The van der Waals surface area contributed by atoms with Crippen LogP contribution in [0.1, 0.15) is 90.0 Å². The molecule has 14 heteroatoms. The topological polar surface area (TPSA) is 167 Å². The second-order valence-corrected chi connectivity index (χ2v) is 16.1. The number of benzene rings is 3. The van der Waals surface area contributed by atoms with Crippen LogP contribution in [0.5, 0.6) is 0 Å². The molecular weight excluding hydrogens is 737 g/mol. The zero-order chi connectivity index (χ0) is 40.9. The molecule has 2 aromatic heterocycles. The van der Waals surface area contributed by atoms with Crippen LogP contribution in [0.2, 0.25) is 0 Å². The molecule has 4 atom stereocenters. The van der Waals surface area contributed by atoms with E-state index in [1.807, 2.05) is 35.8 Å². The number of fused-ring (bicyclic) bond motifs is 2. The van der Waals surface area contributed by atoms with E-state index >= 15 is 0 Å². The summed E-state index contributed by atoms with van der Waals surface area (Å²) in [7, 11) is 2.71. The second-order valence-electron chi connectivity index (χ2n) is 16.1. The van der Waals surface area contributed by atoms with Gasteiger partial charge in [-0.25, -0.2) is 19.8 Å². The van der Waals surface area contributed by atoms with Gasteiger partial charge in [-0.15, -0.1) is 0 Å². The van der Waals surface area contributed by atoms with Gasteiger partial charge in [0.25, 0.3) is 0 Å². The van der Waals surface area contributed by atoms with Crippen LogP contribution in [0, 0.1) is 11.8 Å². The zero-order valence-corrected chi connectivity index (χ0v) is 34.2. The van der Waals surface area contributed by atoms with E-state index in [9.17, 15) is 14.4 Å². The Kier molecular flexibility index (Phi) is 12.4. The third-order valence-electron chi connectivity index (χ3n) is 11.1. The highest BCUT2D eigenvalue weighted by Crippen LogP contribution is 2.36. The van der Waals surface area contributed by atoms with Crippen LogP contribution < -0.4 is 5.32 Å². The van der Waals surface area contributed by atoms with Gasteiger partial charge in [0.1, 0.15) is 23.7 Å². The molecule has 2 saturated heterocycles. The molecule has 7 rings (SSSR count). The number of nitrogens with zero attached hydrogens (tertiary/aromatic N) is 5. The quantitative estimate of drug-likeness (QED) is 0.0442. The Hall–Kier alpha value is -5.76. The maximum absolute atomic E-state index is 13.7. The van der Waals surface area contributed by atoms with Gasteiger partial charge in [-0.05, 0) is 96.9 Å². The predicted octanol–water partition coefficient (Wildman–Crippen LogP) is 7.89. The Morgan fingerprint density at radius 3 is 1.74 bits per heavy atom. The average molecular weight is 791 g/mol. The van der Waals surface area contributed by atoms with E-state index in [-0.39, 0.29) is 35.7 Å². The zero-order valence-electron chi connectivity index (χ0n) is 34.2. The van der Waals surface area contributed by atoms with Crippen molar-refractivity contribution in [3.05, 3.63) is 72.3 Å². The van der Waals surface area contributed by atoms with E-state index in [1.54, 1.807) is 0 Å². The molecule has 3 N–H and O–H groups in total. The summed E-state index contributed by atoms with van der Waals surface area (Å²) in [4.78, 5) is 74.0. The number of imidazole rings is 2. The minimum Gasteiger partial charge on any atom is -0.453 e. The largest absolute Gasteiger partial charge is 0.453 e. The highest BCUT2D eigenvalue weighted by Gasteiger charge is 2.38. The van der Waals surface area contributed by atoms with Crippen molar-refractivity contribution in [2.45, 2.75) is 90.4 Å². The minimum absolute atomic E-state index is 0.0331. The Labute approximate surface area is 338 Å². The van der Waals surface area contributed by atoms with Crippen LogP contribution in [-0.4, -0.2) is 93.4 Å². The Morgan fingerprint density at radius 2 is 1.26 bits per heavy atom. The lowest BCUT2D eigenvalue weighted by Gasteiger charge is -2.29. The van der Waals surface area contributed by atoms with Crippen LogP contribution >= 0.6 is 0 Å². The van der Waals surface area contributed by atoms with E-state index in [0.717, 1.165) is 81.7 Å². The maximum atomic E-state index is 13.7. The van der Waals surface area contributed by atoms with Crippen LogP contribution in [0.3, 0.4) is 0 Å². The first kappa shape index (κ1) is 40.4. The molecule has 2 aliphatic rings. The number of alkyl carbamates (subject to hydrolysis) is 1. The molecule has 0 bridgehead atoms. The van der Waals surface area contributed by atoms with Gasteiger partial charge in [0.15, 0.2) is 0 Å². The number of amides is 3. The lowest BCUT2D eigenvalue weighted by Crippen LogP contribution is -2.49. The van der Waals surface area contributed by atoms with Crippen molar-refractivity contribution in [1.82, 2.24) is 35.1 Å². The molecule has 306 valence electrons. The number of hydrogen-bond acceptors (Lipinski definition) is 9. The monoisotopic (exact) mass is 790 g/mol. The Balaban J connectivity index is 1.06. The number of carbonyl (C=O) groups is 3. The van der Waals surface area contributed by atoms with E-state index in [1.165, 1.54) is 20.6 Å². The van der Waals surface area contributed by atoms with E-state index in [0.29, 0.717) is 25.9 Å².